The fourth-order valence-electron chi connectivity index (χ4n) is 9.06. The van der Waals surface area contributed by atoms with Gasteiger partial charge in [0.25, 0.3) is 11.8 Å². The van der Waals surface area contributed by atoms with Gasteiger partial charge in [0.1, 0.15) is 36.2 Å². The van der Waals surface area contributed by atoms with Crippen LogP contribution in [-0.4, -0.2) is 106 Å². The average molecular weight is 1190 g/mol. The molecule has 0 unspecified atom stereocenters. The van der Waals surface area contributed by atoms with E-state index in [1.54, 1.807) is 0 Å². The number of amides is 2. The molecule has 0 aromatic heterocycles. The number of hydrogen-bond donors (Lipinski definition) is 2. The maximum absolute atomic E-state index is 13.6. The van der Waals surface area contributed by atoms with E-state index in [2.05, 4.69) is 0 Å². The van der Waals surface area contributed by atoms with Crippen LogP contribution in [0, 0.1) is 0 Å². The molecule has 23 heteroatoms. The van der Waals surface area contributed by atoms with Crippen molar-refractivity contribution < 1.29 is 85.9 Å². The summed E-state index contributed by atoms with van der Waals surface area (Å²) in [6.07, 6.45) is -0.0788. The molecule has 0 atom stereocenters. The van der Waals surface area contributed by atoms with Crippen LogP contribution in [0.1, 0.15) is 150 Å². The van der Waals surface area contributed by atoms with Crippen LogP contribution >= 0.6 is 0 Å². The van der Waals surface area contributed by atoms with Crippen molar-refractivity contribution in [3.8, 4) is 23.0 Å². The summed E-state index contributed by atoms with van der Waals surface area (Å²) in [6, 6.07) is 15.2. The van der Waals surface area contributed by atoms with Gasteiger partial charge in [-0.15, -0.1) is 0 Å². The molecule has 1 aliphatic heterocycles. The second-order valence-corrected chi connectivity index (χ2v) is 27.6. The third kappa shape index (κ3) is 16.8. The minimum Gasteiger partial charge on any atom is -0.491 e. The SMILES string of the molecule is CC(C)(C)c1cc2c3c(c1)Cc1cc(C(C)(C)C)cc(c1OCC(=O)NS(=O)(=O)C(F)(F)F)Cc1cc(C(C)(C)C)cc(c1OCCOCCOCCOCCO3)Cc1cc(C(C)(C)C)cc(c1OCC(=O)NS(=O)(=O)C(F)(F)F)C2. The molecule has 0 spiro atoms. The average Bonchev–Trinajstić information content (AvgIpc) is 3.49. The number of ether oxygens (including phenoxy) is 7. The Morgan fingerprint density at radius 1 is 0.407 bits per heavy atom. The highest BCUT2D eigenvalue weighted by molar-refractivity contribution is 7.91. The molecular weight excluding hydrogens is 1110 g/mol. The molecule has 15 nitrogen and oxygen atoms in total. The maximum atomic E-state index is 13.6. The highest BCUT2D eigenvalue weighted by Gasteiger charge is 2.48. The minimum absolute atomic E-state index is 0.0134. The highest BCUT2D eigenvalue weighted by atomic mass is 32.2. The quantitative estimate of drug-likeness (QED) is 0.140. The summed E-state index contributed by atoms with van der Waals surface area (Å²) in [4.78, 5) is 26.6. The van der Waals surface area contributed by atoms with Gasteiger partial charge in [-0.05, 0) is 88.4 Å². The van der Waals surface area contributed by atoms with E-state index < -0.39 is 77.8 Å². The van der Waals surface area contributed by atoms with Crippen molar-refractivity contribution in [2.75, 3.05) is 66.1 Å². The Hall–Kier alpha value is -5.62. The van der Waals surface area contributed by atoms with Gasteiger partial charge >= 0.3 is 31.1 Å². The number of hydrogen-bond acceptors (Lipinski definition) is 13. The molecular formula is C58H74F6N2O13S2. The van der Waals surface area contributed by atoms with Gasteiger partial charge in [0.2, 0.25) is 0 Å². The number of rotatable bonds is 8. The molecule has 6 rings (SSSR count). The summed E-state index contributed by atoms with van der Waals surface area (Å²) < 4.78 is 177. The maximum Gasteiger partial charge on any atom is 0.516 e. The first-order chi connectivity index (χ1) is 37.2. The van der Waals surface area contributed by atoms with Gasteiger partial charge in [-0.25, -0.2) is 9.44 Å². The molecule has 1 heterocycles. The topological polar surface area (TPSA) is 191 Å². The molecule has 448 valence electrons. The zero-order chi connectivity index (χ0) is 60.3. The molecule has 4 aromatic rings. The smallest absolute Gasteiger partial charge is 0.491 e. The summed E-state index contributed by atoms with van der Waals surface area (Å²) >= 11 is 0. The minimum atomic E-state index is -6.12. The lowest BCUT2D eigenvalue weighted by Gasteiger charge is -2.29. The van der Waals surface area contributed by atoms with E-state index in [-0.39, 0.29) is 90.0 Å². The first kappa shape index (κ1) is 64.5. The number of halogens is 6. The Kier molecular flexibility index (Phi) is 19.7. The van der Waals surface area contributed by atoms with Crippen LogP contribution < -0.4 is 28.4 Å². The predicted molar refractivity (Wildman–Crippen MR) is 292 cm³/mol. The van der Waals surface area contributed by atoms with E-state index in [4.69, 9.17) is 33.2 Å². The number of carbonyl (C=O) groups excluding carboxylic acids is 2. The Morgan fingerprint density at radius 3 is 0.852 bits per heavy atom. The van der Waals surface area contributed by atoms with Crippen LogP contribution in [0.4, 0.5) is 26.3 Å². The standard InChI is InChI=1S/C58H74F6N2O13S2/c1-53(2,3)43-25-35-21-39-29-45(55(7,8)9)31-41(51(39)78-33-47(67)65-80(69,70)57(59,60)61)23-37-27-44(54(4,5)6)28-38-24-42-32-46(56(10,11)12)30-40(52(42)79-34-48(68)66-81(71,72)58(62,63)64)22-36(26-43)49(35)76-19-17-74-15-13-73-14-16-75-18-20-77-50(37)38/h25-32H,13-24,33-34H2,1-12H3,(H,65,67)(H,66,68). The van der Waals surface area contributed by atoms with Crippen molar-refractivity contribution in [3.05, 3.63) is 115 Å². The van der Waals surface area contributed by atoms with Gasteiger partial charge in [-0.2, -0.15) is 43.2 Å². The molecule has 2 aliphatic rings. The Labute approximate surface area is 471 Å². The predicted octanol–water partition coefficient (Wildman–Crippen LogP) is 10.1. The van der Waals surface area contributed by atoms with Gasteiger partial charge in [-0.1, -0.05) is 132 Å². The third-order valence-electron chi connectivity index (χ3n) is 13.5. The molecule has 0 saturated carbocycles. The molecule has 1 aliphatic carbocycles. The second-order valence-electron chi connectivity index (χ2n) is 24.3. The molecule has 10 bridgehead atoms. The van der Waals surface area contributed by atoms with Gasteiger partial charge in [0.05, 0.1) is 39.6 Å². The van der Waals surface area contributed by atoms with Crippen LogP contribution in [0.3, 0.4) is 0 Å². The largest absolute Gasteiger partial charge is 0.516 e. The van der Waals surface area contributed by atoms with Crippen molar-refractivity contribution in [2.24, 2.45) is 0 Å². The first-order valence-electron chi connectivity index (χ1n) is 26.4. The number of alkyl halides is 6. The van der Waals surface area contributed by atoms with E-state index in [1.165, 1.54) is 0 Å². The van der Waals surface area contributed by atoms with Crippen molar-refractivity contribution in [1.82, 2.24) is 9.44 Å². The molecule has 0 saturated heterocycles. The lowest BCUT2D eigenvalue weighted by molar-refractivity contribution is -0.122. The number of sulfonamides is 2. The highest BCUT2D eigenvalue weighted by Crippen LogP contribution is 2.45. The molecule has 81 heavy (non-hydrogen) atoms. The third-order valence-corrected chi connectivity index (χ3v) is 15.7. The molecule has 0 fully saturated rings. The van der Waals surface area contributed by atoms with Crippen molar-refractivity contribution in [3.63, 3.8) is 0 Å². The summed E-state index contributed by atoms with van der Waals surface area (Å²) in [5.41, 5.74) is -6.64. The van der Waals surface area contributed by atoms with Crippen molar-refractivity contribution in [2.45, 2.75) is 141 Å². The van der Waals surface area contributed by atoms with E-state index in [0.29, 0.717) is 56.0 Å². The molecule has 2 amide bonds. The first-order valence-corrected chi connectivity index (χ1v) is 29.3. The lowest BCUT2D eigenvalue weighted by atomic mass is 9.79. The van der Waals surface area contributed by atoms with Crippen LogP contribution in [0.5, 0.6) is 23.0 Å². The fraction of sp³-hybridized carbons (Fsp3) is 0.552. The molecule has 4 aromatic carbocycles. The van der Waals surface area contributed by atoms with Gasteiger partial charge in [0.15, 0.2) is 13.2 Å². The van der Waals surface area contributed by atoms with E-state index in [0.717, 1.165) is 31.7 Å². The van der Waals surface area contributed by atoms with E-state index in [9.17, 15) is 52.8 Å². The zero-order valence-corrected chi connectivity index (χ0v) is 49.5. The summed E-state index contributed by atoms with van der Waals surface area (Å²) in [5, 5.41) is 0. The monoisotopic (exact) mass is 1180 g/mol. The number of carbonyl (C=O) groups is 2. The molecule has 0 radical (unpaired) electrons. The Balaban J connectivity index is 1.78. The number of benzene rings is 4. The van der Waals surface area contributed by atoms with Crippen molar-refractivity contribution in [1.29, 1.82) is 0 Å². The van der Waals surface area contributed by atoms with Crippen LogP contribution in [-0.2, 0) is 91.2 Å². The summed E-state index contributed by atoms with van der Waals surface area (Å²) in [7, 11) is -12.2. The van der Waals surface area contributed by atoms with Gasteiger partial charge in [0, 0.05) is 25.7 Å². The Morgan fingerprint density at radius 2 is 0.630 bits per heavy atom. The second kappa shape index (κ2) is 24.7. The van der Waals surface area contributed by atoms with Crippen molar-refractivity contribution >= 4 is 31.9 Å². The molecule has 2 N–H and O–H groups in total. The van der Waals surface area contributed by atoms with E-state index in [1.807, 2.05) is 132 Å². The Bertz CT molecular complexity index is 2880. The lowest BCUT2D eigenvalue weighted by Crippen LogP contribution is -2.42. The number of nitrogens with one attached hydrogen (secondary N) is 2. The summed E-state index contributed by atoms with van der Waals surface area (Å²) in [5.74, 6) is -2.33. The number of fused-ring (bicyclic) bond motifs is 2. The zero-order valence-electron chi connectivity index (χ0n) is 47.9. The van der Waals surface area contributed by atoms with E-state index >= 15 is 0 Å². The van der Waals surface area contributed by atoms with Gasteiger partial charge in [-0.3, -0.25) is 9.59 Å². The summed E-state index contributed by atoms with van der Waals surface area (Å²) in [6.45, 7) is 22.6. The van der Waals surface area contributed by atoms with Crippen LogP contribution in [0.15, 0.2) is 48.5 Å². The fourth-order valence-corrected chi connectivity index (χ4v) is 10.0. The van der Waals surface area contributed by atoms with Crippen LogP contribution in [0.2, 0.25) is 0 Å². The van der Waals surface area contributed by atoms with Crippen LogP contribution in [0.25, 0.3) is 0 Å². The normalized spacial score (nSPS) is 15.9. The van der Waals surface area contributed by atoms with Gasteiger partial charge < -0.3 is 33.2 Å².